The van der Waals surface area contributed by atoms with Crippen LogP contribution in [0.3, 0.4) is 0 Å². The van der Waals surface area contributed by atoms with E-state index in [-0.39, 0.29) is 0 Å². The van der Waals surface area contributed by atoms with Crippen molar-refractivity contribution in [2.24, 2.45) is 5.73 Å². The van der Waals surface area contributed by atoms with Crippen molar-refractivity contribution in [1.82, 2.24) is 0 Å². The maximum absolute atomic E-state index is 8.78. The molecular formula is CH5NO6S. The summed E-state index contributed by atoms with van der Waals surface area (Å²) in [6.07, 6.45) is -1.33. The maximum atomic E-state index is 8.78. The molecule has 9 heavy (non-hydrogen) atoms. The number of amides is 1. The van der Waals surface area contributed by atoms with Crippen molar-refractivity contribution < 1.29 is 27.4 Å². The van der Waals surface area contributed by atoms with Crippen LogP contribution in [0.15, 0.2) is 0 Å². The highest BCUT2D eigenvalue weighted by atomic mass is 32.3. The van der Waals surface area contributed by atoms with E-state index in [0.29, 0.717) is 0 Å². The number of primary amides is 1. The molecule has 56 valence electrons. The third-order valence-electron chi connectivity index (χ3n) is 0. The lowest BCUT2D eigenvalue weighted by molar-refractivity contribution is 0.205. The van der Waals surface area contributed by atoms with Crippen LogP contribution >= 0.6 is 0 Å². The fourth-order valence-electron chi connectivity index (χ4n) is 0. The molecule has 0 aliphatic carbocycles. The minimum atomic E-state index is -4.67. The molecule has 0 saturated heterocycles. The van der Waals surface area contributed by atoms with E-state index in [9.17, 15) is 0 Å². The topological polar surface area (TPSA) is 138 Å². The molecule has 0 fully saturated rings. The zero-order chi connectivity index (χ0) is 8.08. The molecule has 5 N–H and O–H groups in total. The Morgan fingerprint density at radius 1 is 1.33 bits per heavy atom. The van der Waals surface area contributed by atoms with Crippen molar-refractivity contribution in [3.05, 3.63) is 0 Å². The van der Waals surface area contributed by atoms with Crippen molar-refractivity contribution >= 4 is 16.5 Å². The van der Waals surface area contributed by atoms with Crippen molar-refractivity contribution in [2.45, 2.75) is 0 Å². The highest BCUT2D eigenvalue weighted by Crippen LogP contribution is 1.59. The molecule has 0 radical (unpaired) electrons. The standard InChI is InChI=1S/CH3NO2.H2O4S/c2-1(3)4;1-5(2,3)4/h2H2,(H,3,4);(H2,1,2,3,4). The molecule has 0 unspecified atom stereocenters. The normalized spacial score (nSPS) is 9.11. The fourth-order valence-corrected chi connectivity index (χ4v) is 0. The summed E-state index contributed by atoms with van der Waals surface area (Å²) in [7, 11) is -4.67. The number of rotatable bonds is 0. The molecule has 0 bridgehead atoms. The first-order valence-corrected chi connectivity index (χ1v) is 2.81. The first-order chi connectivity index (χ1) is 3.73. The number of hydrogen-bond donors (Lipinski definition) is 4. The van der Waals surface area contributed by atoms with Crippen molar-refractivity contribution in [3.63, 3.8) is 0 Å². The smallest absolute Gasteiger partial charge is 0.402 e. The van der Waals surface area contributed by atoms with E-state index in [2.05, 4.69) is 5.73 Å². The predicted octanol–water partition coefficient (Wildman–Crippen LogP) is -1.03. The quantitative estimate of drug-likeness (QED) is 0.333. The Balaban J connectivity index is 0. The van der Waals surface area contributed by atoms with Gasteiger partial charge in [-0.1, -0.05) is 0 Å². The van der Waals surface area contributed by atoms with Gasteiger partial charge in [-0.25, -0.2) is 4.79 Å². The van der Waals surface area contributed by atoms with E-state index in [1.807, 2.05) is 0 Å². The number of hydrogen-bond acceptors (Lipinski definition) is 3. The molecule has 8 heteroatoms. The van der Waals surface area contributed by atoms with Crippen molar-refractivity contribution in [2.75, 3.05) is 0 Å². The fraction of sp³-hybridized carbons (Fsp3) is 0. The largest absolute Gasteiger partial charge is 0.465 e. The van der Waals surface area contributed by atoms with Gasteiger partial charge in [0.25, 0.3) is 0 Å². The van der Waals surface area contributed by atoms with Crippen molar-refractivity contribution in [3.8, 4) is 0 Å². The number of carboxylic acid groups (broad SMARTS) is 1. The molecule has 1 amide bonds. The van der Waals surface area contributed by atoms with Gasteiger partial charge in [-0.05, 0) is 0 Å². The van der Waals surface area contributed by atoms with Crippen molar-refractivity contribution in [1.29, 1.82) is 0 Å². The van der Waals surface area contributed by atoms with E-state index in [1.54, 1.807) is 0 Å². The summed E-state index contributed by atoms with van der Waals surface area (Å²) < 4.78 is 31.6. The predicted molar refractivity (Wildman–Crippen MR) is 26.4 cm³/mol. The highest BCUT2D eigenvalue weighted by molar-refractivity contribution is 7.79. The summed E-state index contributed by atoms with van der Waals surface area (Å²) in [5, 5.41) is 7.19. The molecular weight excluding hydrogens is 154 g/mol. The van der Waals surface area contributed by atoms with Crippen LogP contribution in [0.2, 0.25) is 0 Å². The second kappa shape index (κ2) is 4.06. The Bertz CT molecular complexity index is 155. The van der Waals surface area contributed by atoms with E-state index in [4.69, 9.17) is 27.4 Å². The molecule has 0 aromatic carbocycles. The SMILES string of the molecule is NC(=O)O.O=S(=O)(O)O. The Kier molecular flexibility index (Phi) is 4.97. The molecule has 0 heterocycles. The first kappa shape index (κ1) is 11.0. The minimum absolute atomic E-state index is 1.33. The lowest BCUT2D eigenvalue weighted by atomic mass is 11.3. The van der Waals surface area contributed by atoms with Gasteiger partial charge < -0.3 is 10.8 Å². The van der Waals surface area contributed by atoms with Crippen LogP contribution in [0.1, 0.15) is 0 Å². The third kappa shape index (κ3) is 255. The Labute approximate surface area is 50.7 Å². The highest BCUT2D eigenvalue weighted by Gasteiger charge is 1.84. The summed E-state index contributed by atoms with van der Waals surface area (Å²) in [5.74, 6) is 0. The molecule has 0 aliphatic heterocycles. The summed E-state index contributed by atoms with van der Waals surface area (Å²) in [6, 6.07) is 0. The van der Waals surface area contributed by atoms with E-state index in [0.717, 1.165) is 0 Å². The molecule has 0 aliphatic rings. The number of carbonyl (C=O) groups is 1. The zero-order valence-electron chi connectivity index (χ0n) is 4.05. The monoisotopic (exact) mass is 159 g/mol. The van der Waals surface area contributed by atoms with Crippen LogP contribution in [0.25, 0.3) is 0 Å². The molecule has 0 aromatic heterocycles. The van der Waals surface area contributed by atoms with Gasteiger partial charge in [0, 0.05) is 0 Å². The van der Waals surface area contributed by atoms with Gasteiger partial charge in [0.15, 0.2) is 0 Å². The average Bonchev–Trinajstić information content (AvgIpc) is 1.19. The summed E-state index contributed by atoms with van der Waals surface area (Å²) >= 11 is 0. The van der Waals surface area contributed by atoms with Crippen LogP contribution < -0.4 is 5.73 Å². The van der Waals surface area contributed by atoms with Crippen LogP contribution in [0.5, 0.6) is 0 Å². The van der Waals surface area contributed by atoms with Gasteiger partial charge in [-0.2, -0.15) is 8.42 Å². The van der Waals surface area contributed by atoms with Gasteiger partial charge in [0.1, 0.15) is 0 Å². The van der Waals surface area contributed by atoms with E-state index in [1.165, 1.54) is 0 Å². The second-order valence-electron chi connectivity index (χ2n) is 0.786. The lowest BCUT2D eigenvalue weighted by Gasteiger charge is -1.68. The molecule has 0 atom stereocenters. The van der Waals surface area contributed by atoms with Crippen LogP contribution in [0.4, 0.5) is 4.79 Å². The van der Waals surface area contributed by atoms with Gasteiger partial charge in [0.05, 0.1) is 0 Å². The number of nitrogens with two attached hydrogens (primary N) is 1. The Hall–Kier alpha value is -0.860. The van der Waals surface area contributed by atoms with Gasteiger partial charge in [0.2, 0.25) is 0 Å². The molecule has 7 nitrogen and oxygen atoms in total. The summed E-state index contributed by atoms with van der Waals surface area (Å²) in [6.45, 7) is 0. The summed E-state index contributed by atoms with van der Waals surface area (Å²) in [5.41, 5.74) is 4.03. The maximum Gasteiger partial charge on any atom is 0.402 e. The third-order valence-corrected chi connectivity index (χ3v) is 0. The molecule has 0 rings (SSSR count). The van der Waals surface area contributed by atoms with E-state index < -0.39 is 16.5 Å². The first-order valence-electron chi connectivity index (χ1n) is 1.41. The molecule has 0 spiro atoms. The lowest BCUT2D eigenvalue weighted by Crippen LogP contribution is -2.03. The minimum Gasteiger partial charge on any atom is -0.465 e. The Morgan fingerprint density at radius 2 is 1.33 bits per heavy atom. The molecule has 0 aromatic rings. The van der Waals surface area contributed by atoms with Crippen LogP contribution in [-0.2, 0) is 10.4 Å². The second-order valence-corrected chi connectivity index (χ2v) is 1.68. The zero-order valence-corrected chi connectivity index (χ0v) is 4.87. The van der Waals surface area contributed by atoms with Gasteiger partial charge >= 0.3 is 16.5 Å². The average molecular weight is 159 g/mol. The van der Waals surface area contributed by atoms with Crippen LogP contribution in [-0.4, -0.2) is 28.7 Å². The van der Waals surface area contributed by atoms with Gasteiger partial charge in [-0.3, -0.25) is 9.11 Å². The van der Waals surface area contributed by atoms with E-state index >= 15 is 0 Å². The van der Waals surface area contributed by atoms with Gasteiger partial charge in [-0.15, -0.1) is 0 Å². The Morgan fingerprint density at radius 3 is 1.33 bits per heavy atom. The molecule has 0 saturated carbocycles. The van der Waals surface area contributed by atoms with Crippen LogP contribution in [0, 0.1) is 0 Å². The summed E-state index contributed by atoms with van der Waals surface area (Å²) in [4.78, 5) is 8.78.